The molecule has 1 aliphatic heterocycles. The molecule has 24 heavy (non-hydrogen) atoms. The van der Waals surface area contributed by atoms with Gasteiger partial charge >= 0.3 is 0 Å². The molecule has 0 unspecified atom stereocenters. The Labute approximate surface area is 140 Å². The number of carbonyl (C=O) groups is 1. The highest BCUT2D eigenvalue weighted by molar-refractivity contribution is 5.97. The Morgan fingerprint density at radius 3 is 2.75 bits per heavy atom. The first-order chi connectivity index (χ1) is 11.7. The van der Waals surface area contributed by atoms with Crippen molar-refractivity contribution in [1.29, 1.82) is 0 Å². The topological polar surface area (TPSA) is 65.1 Å². The summed E-state index contributed by atoms with van der Waals surface area (Å²) in [4.78, 5) is 28.7. The van der Waals surface area contributed by atoms with Gasteiger partial charge in [0, 0.05) is 37.9 Å². The normalized spacial score (nSPS) is 15.0. The van der Waals surface area contributed by atoms with Gasteiger partial charge in [-0.2, -0.15) is 0 Å². The number of nitrogens with zero attached hydrogens (tertiary/aromatic N) is 4. The highest BCUT2D eigenvalue weighted by Crippen LogP contribution is 2.18. The van der Waals surface area contributed by atoms with Crippen LogP contribution in [0.3, 0.4) is 0 Å². The third kappa shape index (κ3) is 2.71. The lowest BCUT2D eigenvalue weighted by Gasteiger charge is -2.36. The van der Waals surface area contributed by atoms with Crippen molar-refractivity contribution >= 4 is 22.6 Å². The first-order valence-electron chi connectivity index (χ1n) is 8.11. The van der Waals surface area contributed by atoms with E-state index in [-0.39, 0.29) is 5.91 Å². The maximum Gasteiger partial charge on any atom is 0.254 e. The summed E-state index contributed by atoms with van der Waals surface area (Å²) in [6, 6.07) is 9.65. The monoisotopic (exact) mass is 321 g/mol. The molecule has 3 aromatic rings. The largest absolute Gasteiger partial charge is 0.367 e. The van der Waals surface area contributed by atoms with E-state index in [1.807, 2.05) is 42.3 Å². The molecule has 6 nitrogen and oxygen atoms in total. The molecule has 6 heteroatoms. The minimum Gasteiger partial charge on any atom is -0.367 e. The SMILES string of the molecule is Cc1nc2ccc(C(=O)N3CCN(c4cccnc4)CC3)cc2[nH]1. The second-order valence-electron chi connectivity index (χ2n) is 6.04. The molecular weight excluding hydrogens is 302 g/mol. The Balaban J connectivity index is 1.47. The number of H-pyrrole nitrogens is 1. The lowest BCUT2D eigenvalue weighted by atomic mass is 10.1. The molecule has 2 aromatic heterocycles. The van der Waals surface area contributed by atoms with Gasteiger partial charge < -0.3 is 14.8 Å². The zero-order valence-corrected chi connectivity index (χ0v) is 13.6. The molecule has 1 aliphatic rings. The number of nitrogens with one attached hydrogen (secondary N) is 1. The molecule has 0 saturated carbocycles. The Bertz CT molecular complexity index is 866. The van der Waals surface area contributed by atoms with Crippen LogP contribution in [-0.4, -0.2) is 51.9 Å². The molecule has 1 amide bonds. The summed E-state index contributed by atoms with van der Waals surface area (Å²) < 4.78 is 0. The van der Waals surface area contributed by atoms with Gasteiger partial charge in [0.2, 0.25) is 0 Å². The molecule has 0 aliphatic carbocycles. The van der Waals surface area contributed by atoms with Crippen molar-refractivity contribution in [2.75, 3.05) is 31.1 Å². The Morgan fingerprint density at radius 1 is 1.17 bits per heavy atom. The van der Waals surface area contributed by atoms with Gasteiger partial charge in [0.05, 0.1) is 22.9 Å². The molecule has 0 bridgehead atoms. The van der Waals surface area contributed by atoms with E-state index in [2.05, 4.69) is 25.9 Å². The molecular formula is C18H19N5O. The summed E-state index contributed by atoms with van der Waals surface area (Å²) in [6.07, 6.45) is 3.64. The summed E-state index contributed by atoms with van der Waals surface area (Å²) in [5.74, 6) is 0.940. The number of benzene rings is 1. The van der Waals surface area contributed by atoms with Crippen molar-refractivity contribution in [3.8, 4) is 0 Å². The van der Waals surface area contributed by atoms with Crippen LogP contribution in [0, 0.1) is 6.92 Å². The van der Waals surface area contributed by atoms with E-state index >= 15 is 0 Å². The van der Waals surface area contributed by atoms with Crippen LogP contribution in [0.15, 0.2) is 42.7 Å². The van der Waals surface area contributed by atoms with Crippen LogP contribution in [0.25, 0.3) is 11.0 Å². The fourth-order valence-electron chi connectivity index (χ4n) is 3.16. The lowest BCUT2D eigenvalue weighted by Crippen LogP contribution is -2.48. The lowest BCUT2D eigenvalue weighted by molar-refractivity contribution is 0.0747. The molecule has 1 saturated heterocycles. The predicted molar refractivity (Wildman–Crippen MR) is 93.2 cm³/mol. The van der Waals surface area contributed by atoms with Crippen molar-refractivity contribution in [2.24, 2.45) is 0 Å². The molecule has 1 fully saturated rings. The number of imidazole rings is 1. The third-order valence-electron chi connectivity index (χ3n) is 4.43. The van der Waals surface area contributed by atoms with Gasteiger partial charge in [-0.3, -0.25) is 9.78 Å². The first-order valence-corrected chi connectivity index (χ1v) is 8.11. The third-order valence-corrected chi connectivity index (χ3v) is 4.43. The molecule has 122 valence electrons. The highest BCUT2D eigenvalue weighted by Gasteiger charge is 2.22. The van der Waals surface area contributed by atoms with Crippen LogP contribution < -0.4 is 4.90 Å². The highest BCUT2D eigenvalue weighted by atomic mass is 16.2. The second-order valence-corrected chi connectivity index (χ2v) is 6.04. The van der Waals surface area contributed by atoms with Crippen LogP contribution in [-0.2, 0) is 0 Å². The average molecular weight is 321 g/mol. The molecule has 4 rings (SSSR count). The first kappa shape index (κ1) is 14.7. The Hall–Kier alpha value is -2.89. The minimum atomic E-state index is 0.0787. The maximum atomic E-state index is 12.8. The fraction of sp³-hybridized carbons (Fsp3) is 0.278. The molecule has 0 atom stereocenters. The van der Waals surface area contributed by atoms with E-state index in [0.717, 1.165) is 35.6 Å². The van der Waals surface area contributed by atoms with Gasteiger partial charge in [-0.15, -0.1) is 0 Å². The zero-order chi connectivity index (χ0) is 16.5. The average Bonchev–Trinajstić information content (AvgIpc) is 3.01. The van der Waals surface area contributed by atoms with Gasteiger partial charge in [0.1, 0.15) is 5.82 Å². The van der Waals surface area contributed by atoms with E-state index in [9.17, 15) is 4.79 Å². The number of piperazine rings is 1. The van der Waals surface area contributed by atoms with Crippen LogP contribution in [0.5, 0.6) is 0 Å². The van der Waals surface area contributed by atoms with Crippen LogP contribution in [0.2, 0.25) is 0 Å². The van der Waals surface area contributed by atoms with E-state index in [1.165, 1.54) is 0 Å². The summed E-state index contributed by atoms with van der Waals surface area (Å²) in [5.41, 5.74) is 3.62. The van der Waals surface area contributed by atoms with Crippen molar-refractivity contribution in [3.63, 3.8) is 0 Å². The van der Waals surface area contributed by atoms with Gasteiger partial charge in [-0.05, 0) is 37.3 Å². The number of hydrogen-bond acceptors (Lipinski definition) is 4. The van der Waals surface area contributed by atoms with Gasteiger partial charge in [0.25, 0.3) is 5.91 Å². The summed E-state index contributed by atoms with van der Waals surface area (Å²) in [5, 5.41) is 0. The smallest absolute Gasteiger partial charge is 0.254 e. The van der Waals surface area contributed by atoms with Crippen molar-refractivity contribution in [3.05, 3.63) is 54.1 Å². The fourth-order valence-corrected chi connectivity index (χ4v) is 3.16. The van der Waals surface area contributed by atoms with Crippen molar-refractivity contribution < 1.29 is 4.79 Å². The van der Waals surface area contributed by atoms with E-state index in [0.29, 0.717) is 18.7 Å². The minimum absolute atomic E-state index is 0.0787. The summed E-state index contributed by atoms with van der Waals surface area (Å²) in [6.45, 7) is 4.99. The number of hydrogen-bond donors (Lipinski definition) is 1. The predicted octanol–water partition coefficient (Wildman–Crippen LogP) is 2.23. The van der Waals surface area contributed by atoms with Crippen molar-refractivity contribution in [1.82, 2.24) is 19.9 Å². The van der Waals surface area contributed by atoms with Gasteiger partial charge in [0.15, 0.2) is 0 Å². The van der Waals surface area contributed by atoms with E-state index in [1.54, 1.807) is 6.20 Å². The number of aromatic nitrogens is 3. The van der Waals surface area contributed by atoms with Crippen molar-refractivity contribution in [2.45, 2.75) is 6.92 Å². The Kier molecular flexibility index (Phi) is 3.65. The molecule has 0 radical (unpaired) electrons. The number of carbonyl (C=O) groups excluding carboxylic acids is 1. The van der Waals surface area contributed by atoms with E-state index in [4.69, 9.17) is 0 Å². The zero-order valence-electron chi connectivity index (χ0n) is 13.6. The maximum absolute atomic E-state index is 12.8. The molecule has 1 N–H and O–H groups in total. The number of aromatic amines is 1. The number of rotatable bonds is 2. The number of fused-ring (bicyclic) bond motifs is 1. The second kappa shape index (κ2) is 5.96. The Morgan fingerprint density at radius 2 is 2.00 bits per heavy atom. The van der Waals surface area contributed by atoms with Crippen LogP contribution >= 0.6 is 0 Å². The standard InChI is InChI=1S/C18H19N5O/c1-13-20-16-5-4-14(11-17(16)21-13)18(24)23-9-7-22(8-10-23)15-3-2-6-19-12-15/h2-6,11-12H,7-10H2,1H3,(H,20,21). The number of amides is 1. The molecule has 0 spiro atoms. The summed E-state index contributed by atoms with van der Waals surface area (Å²) in [7, 11) is 0. The van der Waals surface area contributed by atoms with E-state index < -0.39 is 0 Å². The van der Waals surface area contributed by atoms with Gasteiger partial charge in [-0.1, -0.05) is 0 Å². The van der Waals surface area contributed by atoms with Crippen LogP contribution in [0.4, 0.5) is 5.69 Å². The molecule has 3 heterocycles. The van der Waals surface area contributed by atoms with Gasteiger partial charge in [-0.25, -0.2) is 4.98 Å². The number of pyridine rings is 1. The summed E-state index contributed by atoms with van der Waals surface area (Å²) >= 11 is 0. The van der Waals surface area contributed by atoms with Crippen LogP contribution in [0.1, 0.15) is 16.2 Å². The number of anilines is 1. The quantitative estimate of drug-likeness (QED) is 0.786. The molecule has 1 aromatic carbocycles. The number of aryl methyl sites for hydroxylation is 1.